The molecule has 1 N–H and O–H groups in total. The minimum Gasteiger partial charge on any atom is -0.326 e. The number of halogens is 1. The highest BCUT2D eigenvalue weighted by Gasteiger charge is 2.59. The molecular formula is C23H24BrN3O. The number of hydrogen-bond donors (Lipinski definition) is 1. The van der Waals surface area contributed by atoms with Gasteiger partial charge in [0.25, 0.3) is 0 Å². The fourth-order valence-corrected chi connectivity index (χ4v) is 7.35. The Hall–Kier alpha value is -2.01. The van der Waals surface area contributed by atoms with Crippen molar-refractivity contribution in [3.05, 3.63) is 54.6 Å². The molecule has 0 aliphatic heterocycles. The monoisotopic (exact) mass is 437 g/mol. The lowest BCUT2D eigenvalue weighted by Crippen LogP contribution is -2.57. The lowest BCUT2D eigenvalue weighted by Gasteiger charge is -2.59. The number of azo groups is 1. The second-order valence-corrected chi connectivity index (χ2v) is 10.6. The Kier molecular flexibility index (Phi) is 4.38. The van der Waals surface area contributed by atoms with Crippen LogP contribution in [0, 0.1) is 17.3 Å². The molecule has 4 saturated carbocycles. The first-order valence-corrected chi connectivity index (χ1v) is 10.9. The first-order valence-electron chi connectivity index (χ1n) is 10.1. The zero-order valence-electron chi connectivity index (χ0n) is 15.8. The van der Waals surface area contributed by atoms with Crippen molar-refractivity contribution in [1.82, 2.24) is 0 Å². The fraction of sp³-hybridized carbons (Fsp3) is 0.435. The molecule has 0 radical (unpaired) electrons. The summed E-state index contributed by atoms with van der Waals surface area (Å²) in [6, 6.07) is 17.3. The van der Waals surface area contributed by atoms with Crippen molar-refractivity contribution >= 4 is 38.9 Å². The van der Waals surface area contributed by atoms with Gasteiger partial charge < -0.3 is 5.32 Å². The Labute approximate surface area is 174 Å². The summed E-state index contributed by atoms with van der Waals surface area (Å²) in [7, 11) is 0. The van der Waals surface area contributed by atoms with E-state index in [1.807, 2.05) is 54.6 Å². The molecule has 0 spiro atoms. The van der Waals surface area contributed by atoms with Crippen LogP contribution in [0.15, 0.2) is 64.8 Å². The molecule has 2 unspecified atom stereocenters. The number of carbonyl (C=O) groups is 1. The van der Waals surface area contributed by atoms with Crippen molar-refractivity contribution in [2.75, 3.05) is 5.32 Å². The molecule has 2 aromatic carbocycles. The number of hydrogen-bond acceptors (Lipinski definition) is 3. The molecule has 6 rings (SSSR count). The van der Waals surface area contributed by atoms with E-state index in [0.717, 1.165) is 36.3 Å². The van der Waals surface area contributed by atoms with Crippen LogP contribution in [0.3, 0.4) is 0 Å². The van der Waals surface area contributed by atoms with Gasteiger partial charge in [0.2, 0.25) is 5.91 Å². The van der Waals surface area contributed by atoms with E-state index < -0.39 is 0 Å². The highest BCUT2D eigenvalue weighted by Crippen LogP contribution is 2.64. The number of rotatable bonds is 4. The van der Waals surface area contributed by atoms with Crippen molar-refractivity contribution in [3.63, 3.8) is 0 Å². The predicted octanol–water partition coefficient (Wildman–Crippen LogP) is 6.77. The number of nitrogens with one attached hydrogen (secondary N) is 1. The van der Waals surface area contributed by atoms with Crippen molar-refractivity contribution in [1.29, 1.82) is 0 Å². The molecule has 4 aliphatic carbocycles. The number of nitrogens with zero attached hydrogens (tertiary/aromatic N) is 2. The highest BCUT2D eigenvalue weighted by atomic mass is 79.9. The molecule has 4 nitrogen and oxygen atoms in total. The zero-order valence-corrected chi connectivity index (χ0v) is 17.4. The SMILES string of the molecule is O=C(Nc1ccc(N=Nc2ccccc2)cc1)C12CC3CC(CC(Br)(C3)C1)C2. The van der Waals surface area contributed by atoms with Gasteiger partial charge in [0.1, 0.15) is 0 Å². The number of benzene rings is 2. The van der Waals surface area contributed by atoms with Gasteiger partial charge in [-0.1, -0.05) is 34.1 Å². The van der Waals surface area contributed by atoms with E-state index in [2.05, 4.69) is 31.5 Å². The maximum Gasteiger partial charge on any atom is 0.230 e. The topological polar surface area (TPSA) is 53.8 Å². The molecule has 2 aromatic rings. The first-order chi connectivity index (χ1) is 13.5. The molecule has 1 amide bonds. The summed E-state index contributed by atoms with van der Waals surface area (Å²) in [5.74, 6) is 1.60. The normalized spacial score (nSPS) is 33.3. The van der Waals surface area contributed by atoms with Gasteiger partial charge in [-0.15, -0.1) is 0 Å². The van der Waals surface area contributed by atoms with Crippen molar-refractivity contribution in [2.24, 2.45) is 27.5 Å². The second kappa shape index (κ2) is 6.80. The first kappa shape index (κ1) is 18.0. The summed E-state index contributed by atoms with van der Waals surface area (Å²) in [6.07, 6.45) is 6.85. The van der Waals surface area contributed by atoms with E-state index in [-0.39, 0.29) is 15.6 Å². The molecule has 2 atom stereocenters. The summed E-state index contributed by atoms with van der Waals surface area (Å²) in [4.78, 5) is 13.2. The lowest BCUT2D eigenvalue weighted by atomic mass is 9.49. The van der Waals surface area contributed by atoms with E-state index in [0.29, 0.717) is 11.8 Å². The van der Waals surface area contributed by atoms with Crippen LogP contribution >= 0.6 is 15.9 Å². The average molecular weight is 438 g/mol. The van der Waals surface area contributed by atoms with Crippen LogP contribution in [0.4, 0.5) is 17.1 Å². The third-order valence-corrected chi connectivity index (χ3v) is 7.56. The van der Waals surface area contributed by atoms with Crippen molar-refractivity contribution < 1.29 is 4.79 Å². The Balaban J connectivity index is 1.28. The highest BCUT2D eigenvalue weighted by molar-refractivity contribution is 9.10. The number of anilines is 1. The van der Waals surface area contributed by atoms with E-state index in [4.69, 9.17) is 0 Å². The zero-order chi connectivity index (χ0) is 19.2. The third-order valence-electron chi connectivity index (χ3n) is 6.63. The Morgan fingerprint density at radius 1 is 0.893 bits per heavy atom. The smallest absolute Gasteiger partial charge is 0.230 e. The summed E-state index contributed by atoms with van der Waals surface area (Å²) in [6.45, 7) is 0. The summed E-state index contributed by atoms with van der Waals surface area (Å²) >= 11 is 3.99. The molecule has 4 aliphatic rings. The number of carbonyl (C=O) groups excluding carboxylic acids is 1. The van der Waals surface area contributed by atoms with Crippen molar-refractivity contribution in [3.8, 4) is 0 Å². The molecule has 0 saturated heterocycles. The maximum atomic E-state index is 13.2. The average Bonchev–Trinajstić information content (AvgIpc) is 2.66. The van der Waals surface area contributed by atoms with Gasteiger partial charge in [0, 0.05) is 10.0 Å². The maximum absolute atomic E-state index is 13.2. The number of amides is 1. The largest absolute Gasteiger partial charge is 0.326 e. The van der Waals surface area contributed by atoms with E-state index >= 15 is 0 Å². The summed E-state index contributed by atoms with van der Waals surface area (Å²) in [5, 5.41) is 11.7. The Bertz CT molecular complexity index is 895. The molecular weight excluding hydrogens is 414 g/mol. The van der Waals surface area contributed by atoms with Crippen LogP contribution in [-0.4, -0.2) is 10.2 Å². The molecule has 5 heteroatoms. The van der Waals surface area contributed by atoms with Crippen molar-refractivity contribution in [2.45, 2.75) is 42.8 Å². The van der Waals surface area contributed by atoms with Gasteiger partial charge in [-0.05, 0) is 86.8 Å². The molecule has 0 heterocycles. The van der Waals surface area contributed by atoms with Gasteiger partial charge in [0.05, 0.1) is 16.8 Å². The minimum atomic E-state index is -0.195. The minimum absolute atomic E-state index is 0.191. The quantitative estimate of drug-likeness (QED) is 0.416. The van der Waals surface area contributed by atoms with E-state index in [1.165, 1.54) is 19.3 Å². The number of alkyl halides is 1. The molecule has 28 heavy (non-hydrogen) atoms. The molecule has 4 bridgehead atoms. The van der Waals surface area contributed by atoms with Crippen LogP contribution in [0.1, 0.15) is 38.5 Å². The van der Waals surface area contributed by atoms with Gasteiger partial charge in [0.15, 0.2) is 0 Å². The standard InChI is InChI=1S/C23H24BrN3O/c24-23-13-16-10-17(14-23)12-22(11-16,15-23)21(28)25-18-6-8-20(9-7-18)27-26-19-4-2-1-3-5-19/h1-9,16-17H,10-15H2,(H,25,28). The van der Waals surface area contributed by atoms with Gasteiger partial charge in [-0.2, -0.15) is 10.2 Å². The van der Waals surface area contributed by atoms with E-state index in [1.54, 1.807) is 0 Å². The lowest BCUT2D eigenvalue weighted by molar-refractivity contribution is -0.138. The van der Waals surface area contributed by atoms with Crippen LogP contribution < -0.4 is 5.32 Å². The van der Waals surface area contributed by atoms with Gasteiger partial charge >= 0.3 is 0 Å². The molecule has 4 fully saturated rings. The molecule has 0 aromatic heterocycles. The van der Waals surface area contributed by atoms with Gasteiger partial charge in [-0.3, -0.25) is 4.79 Å². The molecule has 144 valence electrons. The fourth-order valence-electron chi connectivity index (χ4n) is 5.90. The van der Waals surface area contributed by atoms with Crippen LogP contribution in [0.25, 0.3) is 0 Å². The van der Waals surface area contributed by atoms with Crippen LogP contribution in [0.2, 0.25) is 0 Å². The predicted molar refractivity (Wildman–Crippen MR) is 114 cm³/mol. The van der Waals surface area contributed by atoms with Crippen LogP contribution in [-0.2, 0) is 4.79 Å². The third kappa shape index (κ3) is 3.41. The summed E-state index contributed by atoms with van der Waals surface area (Å²) < 4.78 is 0.191. The van der Waals surface area contributed by atoms with Crippen LogP contribution in [0.5, 0.6) is 0 Å². The summed E-state index contributed by atoms with van der Waals surface area (Å²) in [5.41, 5.74) is 2.24. The van der Waals surface area contributed by atoms with E-state index in [9.17, 15) is 4.79 Å². The second-order valence-electron chi connectivity index (χ2n) is 8.93. The van der Waals surface area contributed by atoms with Gasteiger partial charge in [-0.25, -0.2) is 0 Å². The Morgan fingerprint density at radius 2 is 1.50 bits per heavy atom. The Morgan fingerprint density at radius 3 is 2.11 bits per heavy atom.